The van der Waals surface area contributed by atoms with Gasteiger partial charge in [-0.3, -0.25) is 0 Å². The van der Waals surface area contributed by atoms with Gasteiger partial charge in [0, 0.05) is 0 Å². The lowest BCUT2D eigenvalue weighted by molar-refractivity contribution is 0.297. The van der Waals surface area contributed by atoms with E-state index in [-0.39, 0.29) is 5.60 Å². The Morgan fingerprint density at radius 3 is 2.79 bits per heavy atom. The molecule has 1 spiro atoms. The molecule has 0 aromatic heterocycles. The summed E-state index contributed by atoms with van der Waals surface area (Å²) in [5.41, 5.74) is 2.98. The summed E-state index contributed by atoms with van der Waals surface area (Å²) in [4.78, 5) is 0. The number of epoxide rings is 1. The zero-order valence-electron chi connectivity index (χ0n) is 8.62. The number of aryl methyl sites for hydroxylation is 1. The van der Waals surface area contributed by atoms with Gasteiger partial charge in [-0.1, -0.05) is 42.7 Å². The van der Waals surface area contributed by atoms with Gasteiger partial charge in [0.1, 0.15) is 6.10 Å². The molecule has 1 aromatic rings. The molecule has 1 nitrogen and oxygen atoms in total. The Balaban J connectivity index is 1.85. The van der Waals surface area contributed by atoms with Gasteiger partial charge in [0.2, 0.25) is 0 Å². The highest BCUT2D eigenvalue weighted by Gasteiger charge is 2.57. The van der Waals surface area contributed by atoms with Crippen LogP contribution in [0, 0.1) is 6.92 Å². The van der Waals surface area contributed by atoms with E-state index in [0.29, 0.717) is 6.10 Å². The summed E-state index contributed by atoms with van der Waals surface area (Å²) in [6, 6.07) is 8.74. The van der Waals surface area contributed by atoms with Crippen molar-refractivity contribution in [3.05, 3.63) is 35.4 Å². The molecule has 1 heterocycles. The molecule has 14 heavy (non-hydrogen) atoms. The molecule has 0 amide bonds. The fraction of sp³-hybridized carbons (Fsp3) is 0.538. The van der Waals surface area contributed by atoms with Gasteiger partial charge in [0.25, 0.3) is 0 Å². The number of ether oxygens (including phenoxy) is 1. The second kappa shape index (κ2) is 2.83. The maximum Gasteiger partial charge on any atom is 0.112 e. The van der Waals surface area contributed by atoms with Gasteiger partial charge in [-0.25, -0.2) is 0 Å². The number of rotatable bonds is 1. The number of benzene rings is 1. The van der Waals surface area contributed by atoms with E-state index >= 15 is 0 Å². The van der Waals surface area contributed by atoms with Crippen LogP contribution in [0.15, 0.2) is 24.3 Å². The minimum atomic E-state index is 0.258. The first-order valence-electron chi connectivity index (χ1n) is 5.55. The Kier molecular flexibility index (Phi) is 1.72. The smallest absolute Gasteiger partial charge is 0.112 e. The third kappa shape index (κ3) is 1.19. The Morgan fingerprint density at radius 1 is 1.29 bits per heavy atom. The molecule has 0 bridgehead atoms. The summed E-state index contributed by atoms with van der Waals surface area (Å²) in [6.45, 7) is 2.15. The molecule has 2 fully saturated rings. The van der Waals surface area contributed by atoms with Gasteiger partial charge in [-0.05, 0) is 25.3 Å². The summed E-state index contributed by atoms with van der Waals surface area (Å²) in [6.07, 6.45) is 5.65. The lowest BCUT2D eigenvalue weighted by Gasteiger charge is -2.02. The molecule has 1 unspecified atom stereocenters. The van der Waals surface area contributed by atoms with E-state index in [9.17, 15) is 0 Å². The first kappa shape index (κ1) is 8.49. The highest BCUT2D eigenvalue weighted by molar-refractivity contribution is 5.30. The monoisotopic (exact) mass is 188 g/mol. The van der Waals surface area contributed by atoms with E-state index in [1.807, 2.05) is 0 Å². The molecule has 1 heteroatoms. The first-order chi connectivity index (χ1) is 6.80. The highest BCUT2D eigenvalue weighted by Crippen LogP contribution is 2.58. The topological polar surface area (TPSA) is 12.5 Å². The van der Waals surface area contributed by atoms with Crippen LogP contribution < -0.4 is 0 Å². The molecule has 1 aromatic carbocycles. The Hall–Kier alpha value is -0.820. The van der Waals surface area contributed by atoms with Crippen LogP contribution in [0.5, 0.6) is 0 Å². The van der Waals surface area contributed by atoms with Gasteiger partial charge in [-0.2, -0.15) is 0 Å². The van der Waals surface area contributed by atoms with Crippen LogP contribution >= 0.6 is 0 Å². The zero-order chi connectivity index (χ0) is 9.60. The van der Waals surface area contributed by atoms with Crippen molar-refractivity contribution < 1.29 is 4.74 Å². The third-order valence-corrected chi connectivity index (χ3v) is 3.57. The second-order valence-corrected chi connectivity index (χ2v) is 4.68. The summed E-state index contributed by atoms with van der Waals surface area (Å²) in [5, 5.41) is 0. The van der Waals surface area contributed by atoms with Gasteiger partial charge < -0.3 is 4.74 Å². The third-order valence-electron chi connectivity index (χ3n) is 3.57. The minimum absolute atomic E-state index is 0.258. The molecule has 1 aliphatic heterocycles. The quantitative estimate of drug-likeness (QED) is 0.615. The predicted molar refractivity (Wildman–Crippen MR) is 56.2 cm³/mol. The molecule has 1 saturated heterocycles. The highest BCUT2D eigenvalue weighted by atomic mass is 16.6. The molecule has 2 aliphatic rings. The van der Waals surface area contributed by atoms with Crippen LogP contribution in [0.4, 0.5) is 0 Å². The summed E-state index contributed by atoms with van der Waals surface area (Å²) >= 11 is 0. The molecule has 74 valence electrons. The standard InChI is InChI=1S/C13H16O/c1-10-5-4-6-11(9-10)12-13(14-12)7-2-3-8-13/h4-6,9,12H,2-3,7-8H2,1H3. The normalized spacial score (nSPS) is 28.2. The van der Waals surface area contributed by atoms with Crippen molar-refractivity contribution >= 4 is 0 Å². The van der Waals surface area contributed by atoms with Crippen molar-refractivity contribution in [2.75, 3.05) is 0 Å². The fourth-order valence-electron chi connectivity index (χ4n) is 2.76. The van der Waals surface area contributed by atoms with Crippen molar-refractivity contribution in [3.63, 3.8) is 0 Å². The van der Waals surface area contributed by atoms with Crippen LogP contribution in [0.25, 0.3) is 0 Å². The van der Waals surface area contributed by atoms with E-state index in [4.69, 9.17) is 4.74 Å². The lowest BCUT2D eigenvalue weighted by Crippen LogP contribution is -2.04. The average molecular weight is 188 g/mol. The predicted octanol–water partition coefficient (Wildman–Crippen LogP) is 3.38. The Labute approximate surface area is 85.1 Å². The van der Waals surface area contributed by atoms with Crippen LogP contribution in [0.2, 0.25) is 0 Å². The molecule has 3 rings (SSSR count). The molecular weight excluding hydrogens is 172 g/mol. The van der Waals surface area contributed by atoms with Crippen LogP contribution in [0.1, 0.15) is 42.9 Å². The van der Waals surface area contributed by atoms with Crippen molar-refractivity contribution in [1.82, 2.24) is 0 Å². The van der Waals surface area contributed by atoms with Gasteiger partial charge in [0.15, 0.2) is 0 Å². The molecular formula is C13H16O. The maximum atomic E-state index is 5.91. The van der Waals surface area contributed by atoms with E-state index in [1.165, 1.54) is 36.8 Å². The second-order valence-electron chi connectivity index (χ2n) is 4.68. The Bertz CT molecular complexity index is 350. The lowest BCUT2D eigenvalue weighted by atomic mass is 9.97. The summed E-state index contributed by atoms with van der Waals surface area (Å²) in [5.74, 6) is 0. The van der Waals surface area contributed by atoms with Crippen LogP contribution in [-0.4, -0.2) is 5.60 Å². The van der Waals surface area contributed by atoms with E-state index in [0.717, 1.165) is 0 Å². The molecule has 1 saturated carbocycles. The first-order valence-corrected chi connectivity index (χ1v) is 5.55. The van der Waals surface area contributed by atoms with Crippen LogP contribution in [-0.2, 0) is 4.74 Å². The van der Waals surface area contributed by atoms with Crippen molar-refractivity contribution in [2.24, 2.45) is 0 Å². The molecule has 1 atom stereocenters. The van der Waals surface area contributed by atoms with Crippen molar-refractivity contribution in [2.45, 2.75) is 44.3 Å². The molecule has 0 radical (unpaired) electrons. The van der Waals surface area contributed by atoms with Gasteiger partial charge >= 0.3 is 0 Å². The summed E-state index contributed by atoms with van der Waals surface area (Å²) in [7, 11) is 0. The number of hydrogen-bond donors (Lipinski definition) is 0. The molecule has 1 aliphatic carbocycles. The van der Waals surface area contributed by atoms with E-state index < -0.39 is 0 Å². The number of hydrogen-bond acceptors (Lipinski definition) is 1. The van der Waals surface area contributed by atoms with Crippen molar-refractivity contribution in [1.29, 1.82) is 0 Å². The van der Waals surface area contributed by atoms with E-state index in [1.54, 1.807) is 0 Å². The Morgan fingerprint density at radius 2 is 2.07 bits per heavy atom. The molecule has 0 N–H and O–H groups in total. The largest absolute Gasteiger partial charge is 0.361 e. The maximum absolute atomic E-state index is 5.91. The fourth-order valence-corrected chi connectivity index (χ4v) is 2.76. The minimum Gasteiger partial charge on any atom is -0.361 e. The van der Waals surface area contributed by atoms with E-state index in [2.05, 4.69) is 31.2 Å². The van der Waals surface area contributed by atoms with Gasteiger partial charge in [0.05, 0.1) is 5.60 Å². The SMILES string of the molecule is Cc1cccc(C2OC23CCCC3)c1. The summed E-state index contributed by atoms with van der Waals surface area (Å²) < 4.78 is 5.91. The van der Waals surface area contributed by atoms with Gasteiger partial charge in [-0.15, -0.1) is 0 Å². The average Bonchev–Trinajstić information content (AvgIpc) is 2.65. The zero-order valence-corrected chi connectivity index (χ0v) is 8.62. The van der Waals surface area contributed by atoms with Crippen LogP contribution in [0.3, 0.4) is 0 Å². The van der Waals surface area contributed by atoms with Crippen molar-refractivity contribution in [3.8, 4) is 0 Å².